The van der Waals surface area contributed by atoms with Gasteiger partial charge in [-0.25, -0.2) is 9.37 Å². The molecule has 0 spiro atoms. The summed E-state index contributed by atoms with van der Waals surface area (Å²) in [6.45, 7) is 11.3. The molecule has 3 aromatic carbocycles. The van der Waals surface area contributed by atoms with Crippen LogP contribution in [-0.2, 0) is 41.4 Å². The number of β-amino-alcohol motifs (C(OH)–C–C–N with tert-alkyl or cyclic N) is 1. The fraction of sp³-hybridized carbons (Fsp3) is 0.460. The van der Waals surface area contributed by atoms with E-state index in [2.05, 4.69) is 15.6 Å². The smallest absolute Gasteiger partial charge is 0.417 e. The van der Waals surface area contributed by atoms with Gasteiger partial charge >= 0.3 is 6.18 Å². The third-order valence-corrected chi connectivity index (χ3v) is 13.3. The van der Waals surface area contributed by atoms with Crippen molar-refractivity contribution in [2.45, 2.75) is 104 Å². The van der Waals surface area contributed by atoms with E-state index in [0.717, 1.165) is 38.7 Å². The van der Waals surface area contributed by atoms with Crippen molar-refractivity contribution in [2.75, 3.05) is 49.4 Å². The Labute approximate surface area is 419 Å². The number of hydrogen-bond acceptors (Lipinski definition) is 12. The van der Waals surface area contributed by atoms with Crippen molar-refractivity contribution in [1.82, 2.24) is 20.5 Å². The number of carbonyl (C=O) groups excluding carboxylic acids is 4. The van der Waals surface area contributed by atoms with E-state index in [1.807, 2.05) is 31.2 Å². The van der Waals surface area contributed by atoms with Crippen molar-refractivity contribution in [2.24, 2.45) is 5.41 Å². The van der Waals surface area contributed by atoms with Gasteiger partial charge in [0, 0.05) is 57.5 Å². The molecular weight excluding hydrogens is 967 g/mol. The van der Waals surface area contributed by atoms with Crippen molar-refractivity contribution in [3.63, 3.8) is 0 Å². The van der Waals surface area contributed by atoms with Gasteiger partial charge < -0.3 is 39.8 Å². The number of halogens is 4. The number of unbranched alkanes of at least 4 members (excludes halogenated alkanes) is 1. The summed E-state index contributed by atoms with van der Waals surface area (Å²) in [5.41, 5.74) is 0.665. The third kappa shape index (κ3) is 13.1. The number of ether oxygens (including phenoxy) is 3. The first-order valence-corrected chi connectivity index (χ1v) is 24.2. The van der Waals surface area contributed by atoms with Crippen LogP contribution in [0.15, 0.2) is 66.2 Å². The van der Waals surface area contributed by atoms with Crippen molar-refractivity contribution in [3.05, 3.63) is 94.4 Å². The molecule has 2 aliphatic heterocycles. The minimum absolute atomic E-state index is 0.0481. The van der Waals surface area contributed by atoms with Crippen LogP contribution in [0.1, 0.15) is 82.7 Å². The summed E-state index contributed by atoms with van der Waals surface area (Å²) in [7, 11) is 0. The van der Waals surface area contributed by atoms with Gasteiger partial charge in [-0.1, -0.05) is 45.0 Å². The number of amides is 4. The number of aliphatic hydroxyl groups excluding tert-OH is 1. The number of thiocarbonyl (C=S) groups is 1. The number of thiazole rings is 1. The molecule has 0 bridgehead atoms. The maximum absolute atomic E-state index is 15.3. The molecule has 3 N–H and O–H groups in total. The van der Waals surface area contributed by atoms with Crippen molar-refractivity contribution >= 4 is 63.7 Å². The molecule has 21 heteroatoms. The lowest BCUT2D eigenvalue weighted by atomic mass is 9.85. The van der Waals surface area contributed by atoms with E-state index in [1.54, 1.807) is 37.6 Å². The number of carbonyl (C=O) groups is 4. The lowest BCUT2D eigenvalue weighted by molar-refractivity contribution is -0.144. The summed E-state index contributed by atoms with van der Waals surface area (Å²) in [4.78, 5) is 62.9. The monoisotopic (exact) mass is 1020 g/mol. The van der Waals surface area contributed by atoms with Gasteiger partial charge in [-0.15, -0.1) is 11.3 Å². The van der Waals surface area contributed by atoms with E-state index in [9.17, 15) is 42.7 Å². The summed E-state index contributed by atoms with van der Waals surface area (Å²) in [5.74, 6) is -2.85. The molecule has 3 heterocycles. The molecule has 2 fully saturated rings. The number of alkyl halides is 3. The standard InChI is InChI=1S/C50H57F4N7O8S2/c1-30-42(71-29-57-30)32-12-10-31(11-13-32)26-56-44(64)39-24-36(62)27-59(39)45(65)43(48(2,3)4)58-41(63)28-68-19-8-7-18-67-20-9-21-69-40-17-16-35(23-38(40)51)61-47(70)60(46(66)49(61,5)6)34-15-14-33(25-55)37(22-34)50(52,53)54/h10-17,22-23,29,36,39,43,62H,7-9,18-21,24,26-28H2,1-6H3,(H,56,64)(H,58,63)/t36-,39+,43-/m1/s1. The quantitative estimate of drug-likeness (QED) is 0.0452. The Morgan fingerprint density at radius 3 is 2.30 bits per heavy atom. The predicted octanol–water partition coefficient (Wildman–Crippen LogP) is 7.46. The van der Waals surface area contributed by atoms with Crippen LogP contribution in [0, 0.1) is 29.5 Å². The first-order valence-electron chi connectivity index (χ1n) is 23.0. The third-order valence-electron chi connectivity index (χ3n) is 12.0. The minimum atomic E-state index is -4.86. The summed E-state index contributed by atoms with van der Waals surface area (Å²) < 4.78 is 73.3. The van der Waals surface area contributed by atoms with Crippen molar-refractivity contribution < 1.29 is 56.1 Å². The van der Waals surface area contributed by atoms with E-state index in [-0.39, 0.29) is 61.6 Å². The fourth-order valence-corrected chi connectivity index (χ4v) is 9.54. The second-order valence-corrected chi connectivity index (χ2v) is 20.0. The van der Waals surface area contributed by atoms with Crippen LogP contribution in [0.25, 0.3) is 10.4 Å². The number of aromatic nitrogens is 1. The number of benzene rings is 3. The van der Waals surface area contributed by atoms with Crippen molar-refractivity contribution in [1.29, 1.82) is 5.26 Å². The SMILES string of the molecule is Cc1ncsc1-c1ccc(CNC(=O)[C@@H]2C[C@@H](O)CN2C(=O)[C@@H](NC(=O)COCCCCOCCCOc2ccc(N3C(=S)N(c4ccc(C#N)c(C(F)(F)F)c4)C(=O)C3(C)C)cc2F)C(C)(C)C)cc1. The molecule has 4 aromatic rings. The minimum Gasteiger partial charge on any atom is -0.490 e. The average molecular weight is 1020 g/mol. The van der Waals surface area contributed by atoms with Gasteiger partial charge in [0.05, 0.1) is 51.7 Å². The zero-order valence-corrected chi connectivity index (χ0v) is 41.9. The van der Waals surface area contributed by atoms with Crippen LogP contribution in [-0.4, -0.2) is 107 Å². The molecule has 0 aliphatic carbocycles. The van der Waals surface area contributed by atoms with Crippen LogP contribution >= 0.6 is 23.6 Å². The Balaban J connectivity index is 0.879. The summed E-state index contributed by atoms with van der Waals surface area (Å²) in [5, 5.41) is 25.2. The number of rotatable bonds is 20. The Morgan fingerprint density at radius 2 is 1.66 bits per heavy atom. The van der Waals surface area contributed by atoms with Gasteiger partial charge in [-0.2, -0.15) is 18.4 Å². The molecule has 6 rings (SSSR count). The van der Waals surface area contributed by atoms with Gasteiger partial charge in [-0.3, -0.25) is 24.1 Å². The fourth-order valence-electron chi connectivity index (χ4n) is 8.21. The largest absolute Gasteiger partial charge is 0.490 e. The molecule has 1 aromatic heterocycles. The van der Waals surface area contributed by atoms with E-state index >= 15 is 4.39 Å². The molecule has 71 heavy (non-hydrogen) atoms. The molecule has 4 amide bonds. The van der Waals surface area contributed by atoms with Crippen molar-refractivity contribution in [3.8, 4) is 22.3 Å². The first kappa shape index (κ1) is 54.3. The number of aryl methyl sites for hydroxylation is 1. The molecule has 0 unspecified atom stereocenters. The van der Waals surface area contributed by atoms with E-state index in [1.165, 1.54) is 47.9 Å². The van der Waals surface area contributed by atoms with Crippen LogP contribution in [0.2, 0.25) is 0 Å². The Hall–Kier alpha value is -6.05. The van der Waals surface area contributed by atoms with Gasteiger partial charge in [-0.05, 0) is 92.7 Å². The van der Waals surface area contributed by atoms with E-state index < -0.39 is 75.9 Å². The van der Waals surface area contributed by atoms with Crippen LogP contribution < -0.4 is 25.2 Å². The Kier molecular flexibility index (Phi) is 17.6. The van der Waals surface area contributed by atoms with Crippen LogP contribution in [0.4, 0.5) is 28.9 Å². The lowest BCUT2D eigenvalue weighted by Crippen LogP contribution is -2.58. The van der Waals surface area contributed by atoms with Crippen LogP contribution in [0.3, 0.4) is 0 Å². The molecule has 2 saturated heterocycles. The summed E-state index contributed by atoms with van der Waals surface area (Å²) >= 11 is 7.09. The molecule has 0 radical (unpaired) electrons. The van der Waals surface area contributed by atoms with E-state index in [0.29, 0.717) is 38.5 Å². The Morgan fingerprint density at radius 1 is 0.986 bits per heavy atom. The molecule has 15 nitrogen and oxygen atoms in total. The zero-order valence-electron chi connectivity index (χ0n) is 40.2. The topological polar surface area (TPSA) is 187 Å². The zero-order chi connectivity index (χ0) is 51.8. The van der Waals surface area contributed by atoms with Gasteiger partial charge in [0.1, 0.15) is 24.2 Å². The van der Waals surface area contributed by atoms with Gasteiger partial charge in [0.2, 0.25) is 17.7 Å². The maximum Gasteiger partial charge on any atom is 0.417 e. The number of likely N-dealkylation sites (tertiary alicyclic amines) is 1. The second kappa shape index (κ2) is 23.0. The van der Waals surface area contributed by atoms with Gasteiger partial charge in [0.15, 0.2) is 16.7 Å². The average Bonchev–Trinajstić information content (AvgIpc) is 3.98. The lowest BCUT2D eigenvalue weighted by Gasteiger charge is -2.35. The molecule has 2 aliphatic rings. The first-order chi connectivity index (χ1) is 33.5. The number of nitrogens with one attached hydrogen (secondary N) is 2. The number of aliphatic hydroxyl groups is 1. The molecule has 3 atom stereocenters. The van der Waals surface area contributed by atoms with E-state index in [4.69, 9.17) is 26.4 Å². The number of anilines is 2. The summed E-state index contributed by atoms with van der Waals surface area (Å²) in [6, 6.07) is 14.2. The number of hydrogen-bond donors (Lipinski definition) is 3. The normalized spacial score (nSPS) is 17.4. The highest BCUT2D eigenvalue weighted by Crippen LogP contribution is 2.40. The number of nitrogens with zero attached hydrogens (tertiary/aromatic N) is 5. The second-order valence-electron chi connectivity index (χ2n) is 18.8. The van der Waals surface area contributed by atoms with Crippen LogP contribution in [0.5, 0.6) is 5.75 Å². The predicted molar refractivity (Wildman–Crippen MR) is 262 cm³/mol. The molecule has 0 saturated carbocycles. The highest BCUT2D eigenvalue weighted by Gasteiger charge is 2.51. The highest BCUT2D eigenvalue weighted by atomic mass is 32.1. The maximum atomic E-state index is 15.3. The Bertz CT molecular complexity index is 2630. The number of nitriles is 1. The molecule has 380 valence electrons. The molecular formula is C50H57F4N7O8S2. The summed E-state index contributed by atoms with van der Waals surface area (Å²) in [6.07, 6.45) is -4.08. The highest BCUT2D eigenvalue weighted by molar-refractivity contribution is 7.81. The van der Waals surface area contributed by atoms with Gasteiger partial charge in [0.25, 0.3) is 5.91 Å².